The first-order valence-corrected chi connectivity index (χ1v) is 11.3. The first-order valence-electron chi connectivity index (χ1n) is 11.3. The lowest BCUT2D eigenvalue weighted by Gasteiger charge is -2.15. The van der Waals surface area contributed by atoms with Crippen LogP contribution in [0, 0.1) is 0 Å². The van der Waals surface area contributed by atoms with Crippen molar-refractivity contribution >= 4 is 35.8 Å². The van der Waals surface area contributed by atoms with Crippen LogP contribution >= 0.6 is 0 Å². The van der Waals surface area contributed by atoms with Crippen molar-refractivity contribution < 1.29 is 57.2 Å². The van der Waals surface area contributed by atoms with Crippen LogP contribution in [0.2, 0.25) is 0 Å². The van der Waals surface area contributed by atoms with Crippen molar-refractivity contribution in [1.82, 2.24) is 0 Å². The number of para-hydroxylation sites is 2. The van der Waals surface area contributed by atoms with E-state index in [0.717, 1.165) is 0 Å². The zero-order chi connectivity index (χ0) is 28.2. The van der Waals surface area contributed by atoms with Crippen molar-refractivity contribution in [3.8, 4) is 11.5 Å². The summed E-state index contributed by atoms with van der Waals surface area (Å²) in [4.78, 5) is 71.4. The van der Waals surface area contributed by atoms with Crippen LogP contribution in [0.5, 0.6) is 11.5 Å². The van der Waals surface area contributed by atoms with Crippen LogP contribution in [0.1, 0.15) is 48.4 Å². The zero-order valence-electron chi connectivity index (χ0n) is 21.1. The van der Waals surface area contributed by atoms with Crippen LogP contribution in [0.25, 0.3) is 0 Å². The summed E-state index contributed by atoms with van der Waals surface area (Å²) in [5.74, 6) is -4.98. The minimum absolute atomic E-state index is 0.0258. The lowest BCUT2D eigenvalue weighted by Crippen LogP contribution is -2.30. The summed E-state index contributed by atoms with van der Waals surface area (Å²) in [6, 6.07) is 11.7. The quantitative estimate of drug-likeness (QED) is 0.181. The van der Waals surface area contributed by atoms with Gasteiger partial charge in [-0.05, 0) is 38.1 Å². The molecular formula is C26H26O12. The second kappa shape index (κ2) is 14.1. The fraction of sp³-hybridized carbons (Fsp3) is 0.308. The topological polar surface area (TPSA) is 158 Å². The van der Waals surface area contributed by atoms with Gasteiger partial charge in [0.05, 0.1) is 0 Å². The molecule has 12 heteroatoms. The Labute approximate surface area is 217 Å². The Kier molecular flexibility index (Phi) is 11.0. The van der Waals surface area contributed by atoms with Gasteiger partial charge in [0.1, 0.15) is 35.8 Å². The molecule has 12 nitrogen and oxygen atoms in total. The number of benzene rings is 2. The summed E-state index contributed by atoms with van der Waals surface area (Å²) in [5, 5.41) is 0. The third-order valence-electron chi connectivity index (χ3n) is 4.52. The molecule has 2 aromatic carbocycles. The lowest BCUT2D eigenvalue weighted by atomic mass is 10.2. The number of hydrogen-bond donors (Lipinski definition) is 0. The van der Waals surface area contributed by atoms with Gasteiger partial charge in [0, 0.05) is 13.8 Å². The molecule has 2 atom stereocenters. The summed E-state index contributed by atoms with van der Waals surface area (Å²) >= 11 is 0. The van der Waals surface area contributed by atoms with E-state index in [1.165, 1.54) is 64.1 Å². The van der Waals surface area contributed by atoms with Gasteiger partial charge in [-0.2, -0.15) is 0 Å². The third kappa shape index (κ3) is 9.04. The van der Waals surface area contributed by atoms with Gasteiger partial charge in [-0.25, -0.2) is 19.2 Å². The van der Waals surface area contributed by atoms with E-state index in [1.807, 2.05) is 0 Å². The molecule has 0 aromatic heterocycles. The average molecular weight is 530 g/mol. The predicted molar refractivity (Wildman–Crippen MR) is 127 cm³/mol. The van der Waals surface area contributed by atoms with Crippen LogP contribution < -0.4 is 9.47 Å². The number of carbonyl (C=O) groups is 6. The number of ether oxygens (including phenoxy) is 6. The Morgan fingerprint density at radius 1 is 0.605 bits per heavy atom. The van der Waals surface area contributed by atoms with E-state index in [1.54, 1.807) is 12.1 Å². The molecule has 0 N–H and O–H groups in total. The van der Waals surface area contributed by atoms with Crippen molar-refractivity contribution in [2.75, 3.05) is 13.2 Å². The van der Waals surface area contributed by atoms with Crippen LogP contribution in [0.3, 0.4) is 0 Å². The average Bonchev–Trinajstić information content (AvgIpc) is 2.86. The molecule has 0 saturated heterocycles. The summed E-state index contributed by atoms with van der Waals surface area (Å²) in [6.45, 7) is 4.15. The van der Waals surface area contributed by atoms with Crippen molar-refractivity contribution in [2.45, 2.75) is 39.9 Å². The van der Waals surface area contributed by atoms with E-state index in [2.05, 4.69) is 0 Å². The minimum Gasteiger partial charge on any atom is -0.459 e. The summed E-state index contributed by atoms with van der Waals surface area (Å²) in [5.41, 5.74) is -0.120. The second-order valence-electron chi connectivity index (χ2n) is 7.61. The van der Waals surface area contributed by atoms with Crippen molar-refractivity contribution in [3.05, 3.63) is 59.7 Å². The number of esters is 6. The maximum absolute atomic E-state index is 12.4. The molecule has 38 heavy (non-hydrogen) atoms. The summed E-state index contributed by atoms with van der Waals surface area (Å²) in [6.07, 6.45) is -2.64. The summed E-state index contributed by atoms with van der Waals surface area (Å²) in [7, 11) is 0. The molecule has 2 aromatic rings. The number of rotatable bonds is 11. The maximum atomic E-state index is 12.4. The molecule has 0 spiro atoms. The van der Waals surface area contributed by atoms with Gasteiger partial charge in [0.25, 0.3) is 0 Å². The highest BCUT2D eigenvalue weighted by molar-refractivity contribution is 5.95. The monoisotopic (exact) mass is 530 g/mol. The standard InChI is InChI=1S/C26H26O12/c1-15(35-25(31)19-9-5-7-11-21(19)37-17(3)27)23(29)33-13-14-34-24(30)16(2)36-26(32)20-10-6-8-12-22(20)38-18(4)28/h5-12,15-16H,13-14H2,1-4H3/t15-,16-/m0/s1. The van der Waals surface area contributed by atoms with Gasteiger partial charge in [-0.15, -0.1) is 0 Å². The Hall–Kier alpha value is -4.74. The summed E-state index contributed by atoms with van der Waals surface area (Å²) < 4.78 is 29.9. The highest BCUT2D eigenvalue weighted by Crippen LogP contribution is 2.21. The highest BCUT2D eigenvalue weighted by Gasteiger charge is 2.25. The Balaban J connectivity index is 1.79. The zero-order valence-corrected chi connectivity index (χ0v) is 21.1. The van der Waals surface area contributed by atoms with E-state index in [-0.39, 0.29) is 35.8 Å². The van der Waals surface area contributed by atoms with E-state index < -0.39 is 48.0 Å². The van der Waals surface area contributed by atoms with Crippen molar-refractivity contribution in [2.24, 2.45) is 0 Å². The molecule has 202 valence electrons. The molecule has 0 aliphatic heterocycles. The van der Waals surface area contributed by atoms with Gasteiger partial charge >= 0.3 is 35.8 Å². The molecule has 0 radical (unpaired) electrons. The molecule has 2 rings (SSSR count). The first-order chi connectivity index (χ1) is 18.0. The van der Waals surface area contributed by atoms with E-state index >= 15 is 0 Å². The molecule has 0 aliphatic rings. The fourth-order valence-corrected chi connectivity index (χ4v) is 2.82. The molecular weight excluding hydrogens is 504 g/mol. The first kappa shape index (κ1) is 29.5. The lowest BCUT2D eigenvalue weighted by molar-refractivity contribution is -0.161. The van der Waals surface area contributed by atoms with E-state index in [9.17, 15) is 28.8 Å². The Bertz CT molecular complexity index is 1110. The molecule has 0 fully saturated rings. The molecule has 0 heterocycles. The van der Waals surface area contributed by atoms with Gasteiger partial charge in [-0.3, -0.25) is 9.59 Å². The molecule has 0 aliphatic carbocycles. The SMILES string of the molecule is CC(=O)Oc1ccccc1C(=O)O[C@@H](C)C(=O)OCCOC(=O)[C@H](C)OC(=O)c1ccccc1OC(C)=O. The highest BCUT2D eigenvalue weighted by atomic mass is 16.6. The van der Waals surface area contributed by atoms with Gasteiger partial charge in [0.2, 0.25) is 0 Å². The van der Waals surface area contributed by atoms with Gasteiger partial charge < -0.3 is 28.4 Å². The molecule has 0 bridgehead atoms. The number of hydrogen-bond acceptors (Lipinski definition) is 12. The second-order valence-corrected chi connectivity index (χ2v) is 7.61. The Morgan fingerprint density at radius 2 is 0.947 bits per heavy atom. The Morgan fingerprint density at radius 3 is 1.29 bits per heavy atom. The fourth-order valence-electron chi connectivity index (χ4n) is 2.82. The van der Waals surface area contributed by atoms with E-state index in [0.29, 0.717) is 0 Å². The van der Waals surface area contributed by atoms with Crippen LogP contribution in [0.15, 0.2) is 48.5 Å². The predicted octanol–water partition coefficient (Wildman–Crippen LogP) is 2.41. The van der Waals surface area contributed by atoms with Gasteiger partial charge in [-0.1, -0.05) is 24.3 Å². The molecule has 0 unspecified atom stereocenters. The maximum Gasteiger partial charge on any atom is 0.347 e. The van der Waals surface area contributed by atoms with Crippen LogP contribution in [-0.2, 0) is 38.1 Å². The largest absolute Gasteiger partial charge is 0.459 e. The van der Waals surface area contributed by atoms with Gasteiger partial charge in [0.15, 0.2) is 12.2 Å². The number of carbonyl (C=O) groups excluding carboxylic acids is 6. The van der Waals surface area contributed by atoms with E-state index in [4.69, 9.17) is 28.4 Å². The normalized spacial score (nSPS) is 11.8. The third-order valence-corrected chi connectivity index (χ3v) is 4.52. The molecule has 0 amide bonds. The smallest absolute Gasteiger partial charge is 0.347 e. The molecule has 0 saturated carbocycles. The van der Waals surface area contributed by atoms with Crippen LogP contribution in [-0.4, -0.2) is 61.2 Å². The van der Waals surface area contributed by atoms with Crippen LogP contribution in [0.4, 0.5) is 0 Å². The van der Waals surface area contributed by atoms with Crippen molar-refractivity contribution in [3.63, 3.8) is 0 Å². The minimum atomic E-state index is -1.32. The van der Waals surface area contributed by atoms with Crippen molar-refractivity contribution in [1.29, 1.82) is 0 Å².